The minimum atomic E-state index is -0.352. The molecule has 1 aliphatic rings. The molecule has 8 heteroatoms. The molecule has 7 nitrogen and oxygen atoms in total. The Morgan fingerprint density at radius 2 is 1.80 bits per heavy atom. The molecule has 0 amide bonds. The van der Waals surface area contributed by atoms with Crippen LogP contribution in [0.4, 0.5) is 0 Å². The van der Waals surface area contributed by atoms with E-state index >= 15 is 0 Å². The number of benzene rings is 1. The molecule has 2 aromatic rings. The van der Waals surface area contributed by atoms with Crippen molar-refractivity contribution in [3.05, 3.63) is 37.4 Å². The molecule has 0 aliphatic carbocycles. The van der Waals surface area contributed by atoms with Gasteiger partial charge in [-0.05, 0) is 30.7 Å². The maximum atomic E-state index is 12.5. The van der Waals surface area contributed by atoms with Gasteiger partial charge in [-0.1, -0.05) is 11.3 Å². The third-order valence-corrected chi connectivity index (χ3v) is 4.82. The molecule has 0 fully saturated rings. The first-order valence-corrected chi connectivity index (χ1v) is 8.44. The van der Waals surface area contributed by atoms with Gasteiger partial charge in [-0.2, -0.15) is 0 Å². The molecule has 0 radical (unpaired) electrons. The average molecular weight is 362 g/mol. The van der Waals surface area contributed by atoms with E-state index in [0.29, 0.717) is 32.1 Å². The highest BCUT2D eigenvalue weighted by Crippen LogP contribution is 2.38. The number of ether oxygens (including phenoxy) is 3. The van der Waals surface area contributed by atoms with Crippen LogP contribution in [-0.2, 0) is 0 Å². The molecule has 0 saturated heterocycles. The molecule has 0 bridgehead atoms. The molecular weight excluding hydrogens is 344 g/mol. The topological polar surface area (TPSA) is 79.1 Å². The zero-order chi connectivity index (χ0) is 18.1. The summed E-state index contributed by atoms with van der Waals surface area (Å²) < 4.78 is 17.5. The van der Waals surface area contributed by atoms with E-state index in [-0.39, 0.29) is 23.9 Å². The van der Waals surface area contributed by atoms with Crippen LogP contribution in [0.5, 0.6) is 17.2 Å². The van der Waals surface area contributed by atoms with Crippen molar-refractivity contribution in [2.24, 2.45) is 4.99 Å². The van der Waals surface area contributed by atoms with Crippen LogP contribution in [0.15, 0.2) is 21.9 Å². The lowest BCUT2D eigenvalue weighted by Crippen LogP contribution is -2.40. The molecule has 1 aromatic heterocycles. The zero-order valence-corrected chi connectivity index (χ0v) is 15.2. The lowest BCUT2D eigenvalue weighted by Gasteiger charge is -2.12. The molecule has 1 unspecified atom stereocenters. The zero-order valence-electron chi connectivity index (χ0n) is 14.4. The molecule has 2 heterocycles. The first-order valence-electron chi connectivity index (χ1n) is 7.63. The number of aromatic nitrogens is 1. The summed E-state index contributed by atoms with van der Waals surface area (Å²) >= 11 is 1.20. The van der Waals surface area contributed by atoms with Gasteiger partial charge in [-0.25, -0.2) is 4.57 Å². The molecule has 1 aliphatic heterocycles. The fraction of sp³-hybridized carbons (Fsp3) is 0.353. The van der Waals surface area contributed by atoms with E-state index in [0.717, 1.165) is 4.57 Å². The fourth-order valence-corrected chi connectivity index (χ4v) is 3.77. The van der Waals surface area contributed by atoms with E-state index in [1.54, 1.807) is 18.2 Å². The molecule has 25 heavy (non-hydrogen) atoms. The van der Waals surface area contributed by atoms with E-state index in [4.69, 9.17) is 14.2 Å². The van der Waals surface area contributed by atoms with Crippen molar-refractivity contribution >= 4 is 23.3 Å². The van der Waals surface area contributed by atoms with Gasteiger partial charge in [0.05, 0.1) is 31.9 Å². The second-order valence-corrected chi connectivity index (χ2v) is 6.58. The van der Waals surface area contributed by atoms with Crippen molar-refractivity contribution in [3.8, 4) is 17.2 Å². The normalized spacial score (nSPS) is 17.0. The van der Waals surface area contributed by atoms with Crippen molar-refractivity contribution in [1.82, 2.24) is 4.57 Å². The Balaban J connectivity index is 2.21. The van der Waals surface area contributed by atoms with Crippen LogP contribution in [0.2, 0.25) is 0 Å². The van der Waals surface area contributed by atoms with Crippen LogP contribution in [0.1, 0.15) is 23.7 Å². The van der Waals surface area contributed by atoms with E-state index in [9.17, 15) is 9.59 Å². The SMILES string of the molecule is COc1cc(/C=c2/sc3n(c2=O)C(=O)CC(C)N=3)cc(OC)c1OC. The lowest BCUT2D eigenvalue weighted by molar-refractivity contribution is 0.0877. The third-order valence-electron chi connectivity index (χ3n) is 3.84. The standard InChI is InChI=1S/C17H18N2O5S/c1-9-5-14(20)19-16(21)13(25-17(19)18-9)8-10-6-11(22-2)15(24-4)12(7-10)23-3/h6-9H,5H2,1-4H3/b13-8+. The van der Waals surface area contributed by atoms with E-state index in [1.165, 1.54) is 32.7 Å². The predicted octanol–water partition coefficient (Wildman–Crippen LogP) is 0.816. The van der Waals surface area contributed by atoms with E-state index < -0.39 is 0 Å². The number of hydrogen-bond acceptors (Lipinski definition) is 7. The molecule has 0 saturated carbocycles. The van der Waals surface area contributed by atoms with Crippen molar-refractivity contribution in [2.45, 2.75) is 19.4 Å². The van der Waals surface area contributed by atoms with Gasteiger partial charge < -0.3 is 14.2 Å². The summed E-state index contributed by atoms with van der Waals surface area (Å²) in [4.78, 5) is 29.5. The number of carbonyl (C=O) groups is 1. The third kappa shape index (κ3) is 3.05. The Bertz CT molecular complexity index is 980. The summed E-state index contributed by atoms with van der Waals surface area (Å²) in [5.41, 5.74) is 0.348. The largest absolute Gasteiger partial charge is 0.493 e. The molecule has 1 atom stereocenters. The Hall–Kier alpha value is -2.61. The Labute approximate surface area is 147 Å². The summed E-state index contributed by atoms with van der Waals surface area (Å²) in [7, 11) is 4.58. The van der Waals surface area contributed by atoms with Crippen molar-refractivity contribution in [3.63, 3.8) is 0 Å². The summed E-state index contributed by atoms with van der Waals surface area (Å²) in [5, 5.41) is 0. The molecule has 132 valence electrons. The highest BCUT2D eigenvalue weighted by atomic mass is 32.1. The van der Waals surface area contributed by atoms with Gasteiger partial charge in [0.2, 0.25) is 11.7 Å². The Morgan fingerprint density at radius 1 is 1.16 bits per heavy atom. The fourth-order valence-electron chi connectivity index (χ4n) is 2.69. The second-order valence-electron chi connectivity index (χ2n) is 5.57. The minimum absolute atomic E-state index is 0.112. The minimum Gasteiger partial charge on any atom is -0.493 e. The van der Waals surface area contributed by atoms with Gasteiger partial charge in [0.25, 0.3) is 5.56 Å². The highest BCUT2D eigenvalue weighted by molar-refractivity contribution is 7.07. The summed E-state index contributed by atoms with van der Waals surface area (Å²) in [6.45, 7) is 1.86. The second kappa shape index (κ2) is 6.72. The van der Waals surface area contributed by atoms with Crippen LogP contribution in [0, 0.1) is 0 Å². The smallest absolute Gasteiger partial charge is 0.277 e. The van der Waals surface area contributed by atoms with Crippen LogP contribution in [-0.4, -0.2) is 37.8 Å². The summed E-state index contributed by atoms with van der Waals surface area (Å²) in [6, 6.07) is 3.37. The van der Waals surface area contributed by atoms with Crippen LogP contribution < -0.4 is 29.1 Å². The van der Waals surface area contributed by atoms with Crippen molar-refractivity contribution < 1.29 is 19.0 Å². The maximum absolute atomic E-state index is 12.5. The van der Waals surface area contributed by atoms with Gasteiger partial charge in [0.15, 0.2) is 16.3 Å². The highest BCUT2D eigenvalue weighted by Gasteiger charge is 2.21. The number of hydrogen-bond donors (Lipinski definition) is 0. The molecule has 3 rings (SSSR count). The molecule has 1 aromatic carbocycles. The van der Waals surface area contributed by atoms with Crippen LogP contribution in [0.3, 0.4) is 0 Å². The molecular formula is C17H18N2O5S. The first-order chi connectivity index (χ1) is 12.0. The number of rotatable bonds is 4. The average Bonchev–Trinajstić information content (AvgIpc) is 2.89. The number of methoxy groups -OCH3 is 3. The van der Waals surface area contributed by atoms with Crippen LogP contribution in [0.25, 0.3) is 6.08 Å². The van der Waals surface area contributed by atoms with Gasteiger partial charge in [-0.15, -0.1) is 0 Å². The number of fused-ring (bicyclic) bond motifs is 1. The van der Waals surface area contributed by atoms with Crippen molar-refractivity contribution in [1.29, 1.82) is 0 Å². The summed E-state index contributed by atoms with van der Waals surface area (Å²) in [6.07, 6.45) is 1.93. The molecule has 0 N–H and O–H groups in total. The number of nitrogens with zero attached hydrogens (tertiary/aromatic N) is 2. The molecule has 0 spiro atoms. The Kier molecular flexibility index (Phi) is 4.63. The van der Waals surface area contributed by atoms with E-state index in [1.807, 2.05) is 6.92 Å². The lowest BCUT2D eigenvalue weighted by atomic mass is 10.1. The van der Waals surface area contributed by atoms with Gasteiger partial charge in [0.1, 0.15) is 0 Å². The van der Waals surface area contributed by atoms with Gasteiger partial charge >= 0.3 is 0 Å². The first kappa shape index (κ1) is 17.2. The van der Waals surface area contributed by atoms with Gasteiger partial charge in [0, 0.05) is 6.42 Å². The predicted molar refractivity (Wildman–Crippen MR) is 93.7 cm³/mol. The maximum Gasteiger partial charge on any atom is 0.277 e. The Morgan fingerprint density at radius 3 is 2.36 bits per heavy atom. The van der Waals surface area contributed by atoms with Gasteiger partial charge in [-0.3, -0.25) is 14.6 Å². The van der Waals surface area contributed by atoms with Crippen LogP contribution >= 0.6 is 11.3 Å². The number of thiazole rings is 1. The quantitative estimate of drug-likeness (QED) is 0.804. The monoisotopic (exact) mass is 362 g/mol. The van der Waals surface area contributed by atoms with Crippen molar-refractivity contribution in [2.75, 3.05) is 21.3 Å². The summed E-state index contributed by atoms with van der Waals surface area (Å²) in [5.74, 6) is 1.24. The van der Waals surface area contributed by atoms with E-state index in [2.05, 4.69) is 4.99 Å². The number of carbonyl (C=O) groups excluding carboxylic acids is 1.